The van der Waals surface area contributed by atoms with Gasteiger partial charge in [-0.15, -0.1) is 5.10 Å². The van der Waals surface area contributed by atoms with Crippen LogP contribution in [0.5, 0.6) is 0 Å². The highest BCUT2D eigenvalue weighted by Crippen LogP contribution is 2.14. The average molecular weight is 176 g/mol. The van der Waals surface area contributed by atoms with E-state index in [2.05, 4.69) is 34.5 Å². The first-order valence-corrected chi connectivity index (χ1v) is 3.80. The third-order valence-electron chi connectivity index (χ3n) is 1.76. The summed E-state index contributed by atoms with van der Waals surface area (Å²) in [5, 5.41) is 10.2. The van der Waals surface area contributed by atoms with E-state index in [9.17, 15) is 0 Å². The first-order chi connectivity index (χ1) is 5.86. The summed E-state index contributed by atoms with van der Waals surface area (Å²) < 4.78 is 0. The predicted octanol–water partition coefficient (Wildman–Crippen LogP) is 1.94. The standard InChI is InChI=1S/C9H9N3.H3N/c1-7-2-4-8(5-3-7)9-6-10-12-11-9;/h2-6H,1H3,(H,10,11,12);1H3. The zero-order chi connectivity index (χ0) is 8.39. The Morgan fingerprint density at radius 2 is 1.85 bits per heavy atom. The van der Waals surface area contributed by atoms with Crippen molar-refractivity contribution in [1.82, 2.24) is 21.6 Å². The van der Waals surface area contributed by atoms with Crippen molar-refractivity contribution < 1.29 is 0 Å². The molecule has 1 heterocycles. The smallest absolute Gasteiger partial charge is 0.112 e. The van der Waals surface area contributed by atoms with Crippen LogP contribution in [0.3, 0.4) is 0 Å². The number of hydrogen-bond acceptors (Lipinski definition) is 3. The monoisotopic (exact) mass is 176 g/mol. The maximum atomic E-state index is 3.91. The van der Waals surface area contributed by atoms with Crippen LogP contribution in [0, 0.1) is 6.92 Å². The van der Waals surface area contributed by atoms with Gasteiger partial charge in [-0.25, -0.2) is 0 Å². The number of aromatic amines is 1. The fourth-order valence-electron chi connectivity index (χ4n) is 1.07. The van der Waals surface area contributed by atoms with Crippen LogP contribution in [0.25, 0.3) is 11.3 Å². The average Bonchev–Trinajstić information content (AvgIpc) is 2.58. The Balaban J connectivity index is 0.000000845. The van der Waals surface area contributed by atoms with E-state index in [0.29, 0.717) is 0 Å². The van der Waals surface area contributed by atoms with Crippen LogP contribution in [0.4, 0.5) is 0 Å². The van der Waals surface area contributed by atoms with Crippen molar-refractivity contribution in [2.45, 2.75) is 6.92 Å². The quantitative estimate of drug-likeness (QED) is 0.697. The summed E-state index contributed by atoms with van der Waals surface area (Å²) in [5.41, 5.74) is 3.23. The van der Waals surface area contributed by atoms with Crippen molar-refractivity contribution in [3.8, 4) is 11.3 Å². The second-order valence-corrected chi connectivity index (χ2v) is 2.72. The lowest BCUT2D eigenvalue weighted by atomic mass is 10.1. The molecule has 0 saturated heterocycles. The fourth-order valence-corrected chi connectivity index (χ4v) is 1.07. The molecule has 0 bridgehead atoms. The van der Waals surface area contributed by atoms with Crippen LogP contribution >= 0.6 is 0 Å². The van der Waals surface area contributed by atoms with Gasteiger partial charge in [-0.05, 0) is 6.92 Å². The molecule has 0 spiro atoms. The zero-order valence-corrected chi connectivity index (χ0v) is 7.49. The Hall–Kier alpha value is -1.68. The van der Waals surface area contributed by atoms with E-state index in [1.54, 1.807) is 6.20 Å². The molecule has 4 nitrogen and oxygen atoms in total. The molecule has 0 aliphatic heterocycles. The van der Waals surface area contributed by atoms with Crippen LogP contribution in [-0.2, 0) is 0 Å². The number of nitrogens with one attached hydrogen (secondary N) is 1. The minimum atomic E-state index is 0. The molecular formula is C9H12N4. The van der Waals surface area contributed by atoms with Crippen molar-refractivity contribution in [1.29, 1.82) is 0 Å². The summed E-state index contributed by atoms with van der Waals surface area (Å²) in [6.45, 7) is 2.06. The highest BCUT2D eigenvalue weighted by Gasteiger charge is 1.97. The number of nitrogens with zero attached hydrogens (tertiary/aromatic N) is 2. The molecule has 0 unspecified atom stereocenters. The fraction of sp³-hybridized carbons (Fsp3) is 0.111. The van der Waals surface area contributed by atoms with Crippen LogP contribution in [-0.4, -0.2) is 15.4 Å². The molecule has 1 aromatic carbocycles. The lowest BCUT2D eigenvalue weighted by molar-refractivity contribution is 0.942. The summed E-state index contributed by atoms with van der Waals surface area (Å²) in [6.07, 6.45) is 1.78. The van der Waals surface area contributed by atoms with E-state index in [-0.39, 0.29) is 6.15 Å². The molecule has 0 amide bonds. The Bertz CT molecular complexity index is 350. The van der Waals surface area contributed by atoms with Crippen molar-refractivity contribution in [3.63, 3.8) is 0 Å². The van der Waals surface area contributed by atoms with Crippen LogP contribution in [0.15, 0.2) is 30.5 Å². The van der Waals surface area contributed by atoms with Gasteiger partial charge in [-0.3, -0.25) is 5.10 Å². The lowest BCUT2D eigenvalue weighted by Crippen LogP contribution is -1.77. The van der Waals surface area contributed by atoms with Crippen LogP contribution in [0.2, 0.25) is 0 Å². The highest BCUT2D eigenvalue weighted by molar-refractivity contribution is 5.57. The van der Waals surface area contributed by atoms with Crippen LogP contribution < -0.4 is 6.15 Å². The second kappa shape index (κ2) is 3.82. The Morgan fingerprint density at radius 1 is 1.15 bits per heavy atom. The first-order valence-electron chi connectivity index (χ1n) is 3.80. The third-order valence-corrected chi connectivity index (χ3v) is 1.76. The van der Waals surface area contributed by atoms with Gasteiger partial charge in [0.25, 0.3) is 0 Å². The maximum Gasteiger partial charge on any atom is 0.112 e. The molecule has 2 aromatic rings. The van der Waals surface area contributed by atoms with E-state index in [1.165, 1.54) is 5.56 Å². The molecule has 0 fully saturated rings. The Kier molecular flexibility index (Phi) is 2.76. The molecule has 1 aromatic heterocycles. The van der Waals surface area contributed by atoms with Crippen molar-refractivity contribution in [2.24, 2.45) is 0 Å². The molecule has 0 radical (unpaired) electrons. The van der Waals surface area contributed by atoms with Gasteiger partial charge in [0, 0.05) is 11.8 Å². The summed E-state index contributed by atoms with van der Waals surface area (Å²) >= 11 is 0. The molecule has 0 aliphatic rings. The van der Waals surface area contributed by atoms with Gasteiger partial charge in [0.2, 0.25) is 0 Å². The van der Waals surface area contributed by atoms with Gasteiger partial charge in [0.15, 0.2) is 0 Å². The molecule has 0 aliphatic carbocycles. The summed E-state index contributed by atoms with van der Waals surface area (Å²) in [4.78, 5) is 0. The third kappa shape index (κ3) is 1.91. The van der Waals surface area contributed by atoms with Gasteiger partial charge in [-0.1, -0.05) is 35.0 Å². The van der Waals surface area contributed by atoms with Gasteiger partial charge >= 0.3 is 0 Å². The van der Waals surface area contributed by atoms with Gasteiger partial charge in [0.05, 0.1) is 0 Å². The molecule has 0 atom stereocenters. The number of H-pyrrole nitrogens is 1. The number of benzene rings is 1. The SMILES string of the molecule is Cc1ccc(-c2c[nH]nn2)cc1.N. The first kappa shape index (κ1) is 9.41. The molecule has 68 valence electrons. The van der Waals surface area contributed by atoms with Gasteiger partial charge < -0.3 is 6.15 Å². The molecule has 13 heavy (non-hydrogen) atoms. The van der Waals surface area contributed by atoms with E-state index < -0.39 is 0 Å². The van der Waals surface area contributed by atoms with Gasteiger partial charge in [0.1, 0.15) is 5.69 Å². The van der Waals surface area contributed by atoms with E-state index in [1.807, 2.05) is 12.1 Å². The van der Waals surface area contributed by atoms with E-state index in [0.717, 1.165) is 11.3 Å². The van der Waals surface area contributed by atoms with E-state index in [4.69, 9.17) is 0 Å². The predicted molar refractivity (Wildman–Crippen MR) is 51.6 cm³/mol. The van der Waals surface area contributed by atoms with Crippen molar-refractivity contribution in [2.75, 3.05) is 0 Å². The normalized spacial score (nSPS) is 9.31. The Labute approximate surface area is 76.6 Å². The van der Waals surface area contributed by atoms with Crippen molar-refractivity contribution >= 4 is 0 Å². The molecular weight excluding hydrogens is 164 g/mol. The summed E-state index contributed by atoms with van der Waals surface area (Å²) in [5.74, 6) is 0. The molecule has 0 saturated carbocycles. The highest BCUT2D eigenvalue weighted by atomic mass is 15.3. The number of rotatable bonds is 1. The molecule has 4 heteroatoms. The van der Waals surface area contributed by atoms with Crippen molar-refractivity contribution in [3.05, 3.63) is 36.0 Å². The number of hydrogen-bond donors (Lipinski definition) is 2. The van der Waals surface area contributed by atoms with Gasteiger partial charge in [-0.2, -0.15) is 0 Å². The maximum absolute atomic E-state index is 3.91. The van der Waals surface area contributed by atoms with E-state index >= 15 is 0 Å². The second-order valence-electron chi connectivity index (χ2n) is 2.72. The molecule has 4 N–H and O–H groups in total. The summed E-state index contributed by atoms with van der Waals surface area (Å²) in [7, 11) is 0. The van der Waals surface area contributed by atoms with Crippen LogP contribution in [0.1, 0.15) is 5.56 Å². The number of aromatic nitrogens is 3. The molecule has 2 rings (SSSR count). The minimum Gasteiger partial charge on any atom is -0.344 e. The minimum absolute atomic E-state index is 0. The zero-order valence-electron chi connectivity index (χ0n) is 7.49. The largest absolute Gasteiger partial charge is 0.344 e. The lowest BCUT2D eigenvalue weighted by Gasteiger charge is -1.94. The Morgan fingerprint density at radius 3 is 2.38 bits per heavy atom. The number of aryl methyl sites for hydroxylation is 1. The topological polar surface area (TPSA) is 76.6 Å². The summed E-state index contributed by atoms with van der Waals surface area (Å²) in [6, 6.07) is 8.19.